The Labute approximate surface area is 135 Å². The van der Waals surface area contributed by atoms with E-state index >= 15 is 0 Å². The van der Waals surface area contributed by atoms with Gasteiger partial charge in [-0.3, -0.25) is 9.59 Å². The lowest BCUT2D eigenvalue weighted by Crippen LogP contribution is -2.59. The van der Waals surface area contributed by atoms with Crippen molar-refractivity contribution < 1.29 is 19.1 Å². The van der Waals surface area contributed by atoms with Gasteiger partial charge in [-0.25, -0.2) is 0 Å². The molecule has 0 aromatic heterocycles. The van der Waals surface area contributed by atoms with Gasteiger partial charge >= 0.3 is 0 Å². The number of amides is 2. The zero-order chi connectivity index (χ0) is 16.4. The van der Waals surface area contributed by atoms with Crippen LogP contribution in [-0.4, -0.2) is 55.2 Å². The number of morpholine rings is 1. The van der Waals surface area contributed by atoms with E-state index in [4.69, 9.17) is 9.47 Å². The normalized spacial score (nSPS) is 24.0. The van der Waals surface area contributed by atoms with Crippen molar-refractivity contribution in [1.82, 2.24) is 4.90 Å². The minimum Gasteiger partial charge on any atom is -0.379 e. The molecule has 1 atom stereocenters. The summed E-state index contributed by atoms with van der Waals surface area (Å²) in [6, 6.07) is 5.41. The van der Waals surface area contributed by atoms with Crippen LogP contribution in [0.15, 0.2) is 18.2 Å². The molecule has 0 radical (unpaired) electrons. The number of benzene rings is 1. The number of carbonyl (C=O) groups excluding carboxylic acids is 2. The predicted octanol–water partition coefficient (Wildman–Crippen LogP) is 1.58. The van der Waals surface area contributed by atoms with E-state index in [1.54, 1.807) is 12.1 Å². The minimum atomic E-state index is -0.355. The van der Waals surface area contributed by atoms with E-state index < -0.39 is 0 Å². The summed E-state index contributed by atoms with van der Waals surface area (Å²) in [5.41, 5.74) is 1.72. The molecule has 0 aliphatic carbocycles. The number of anilines is 1. The van der Waals surface area contributed by atoms with E-state index in [2.05, 4.69) is 5.32 Å². The van der Waals surface area contributed by atoms with E-state index in [1.807, 2.05) is 17.9 Å². The molecule has 2 heterocycles. The Morgan fingerprint density at radius 2 is 1.96 bits per heavy atom. The first-order chi connectivity index (χ1) is 11.0. The fraction of sp³-hybridized carbons (Fsp3) is 0.529. The fourth-order valence-electron chi connectivity index (χ4n) is 3.31. The summed E-state index contributed by atoms with van der Waals surface area (Å²) < 4.78 is 11.1. The maximum absolute atomic E-state index is 13.1. The number of ether oxygens (including phenoxy) is 2. The van der Waals surface area contributed by atoms with Gasteiger partial charge in [0.25, 0.3) is 5.91 Å². The van der Waals surface area contributed by atoms with E-state index in [0.29, 0.717) is 44.2 Å². The molecule has 2 saturated heterocycles. The second-order valence-corrected chi connectivity index (χ2v) is 6.20. The molecule has 2 aliphatic rings. The van der Waals surface area contributed by atoms with Crippen LogP contribution in [-0.2, 0) is 14.3 Å². The first-order valence-electron chi connectivity index (χ1n) is 7.88. The van der Waals surface area contributed by atoms with E-state index in [1.165, 1.54) is 6.92 Å². The largest absolute Gasteiger partial charge is 0.379 e. The lowest BCUT2D eigenvalue weighted by atomic mass is 9.94. The van der Waals surface area contributed by atoms with Gasteiger partial charge in [-0.15, -0.1) is 0 Å². The second kappa shape index (κ2) is 6.29. The maximum Gasteiger partial charge on any atom is 0.254 e. The molecule has 0 saturated carbocycles. The molecule has 6 nitrogen and oxygen atoms in total. The number of nitrogens with zero attached hydrogens (tertiary/aromatic N) is 1. The molecule has 2 amide bonds. The topological polar surface area (TPSA) is 67.9 Å². The van der Waals surface area contributed by atoms with Crippen LogP contribution in [0.4, 0.5) is 5.69 Å². The molecule has 23 heavy (non-hydrogen) atoms. The Morgan fingerprint density at radius 3 is 2.65 bits per heavy atom. The Hall–Kier alpha value is -1.92. The molecule has 1 aromatic carbocycles. The van der Waals surface area contributed by atoms with Crippen LogP contribution in [0, 0.1) is 6.92 Å². The van der Waals surface area contributed by atoms with E-state index in [9.17, 15) is 9.59 Å². The van der Waals surface area contributed by atoms with Crippen LogP contribution in [0.3, 0.4) is 0 Å². The van der Waals surface area contributed by atoms with Crippen molar-refractivity contribution >= 4 is 17.5 Å². The van der Waals surface area contributed by atoms with Gasteiger partial charge in [-0.1, -0.05) is 6.07 Å². The summed E-state index contributed by atoms with van der Waals surface area (Å²) in [6.45, 7) is 6.10. The number of nitrogens with one attached hydrogen (secondary N) is 1. The third kappa shape index (κ3) is 2.96. The van der Waals surface area contributed by atoms with Crippen LogP contribution in [0.25, 0.3) is 0 Å². The second-order valence-electron chi connectivity index (χ2n) is 6.20. The zero-order valence-corrected chi connectivity index (χ0v) is 13.6. The maximum atomic E-state index is 13.1. The summed E-state index contributed by atoms with van der Waals surface area (Å²) in [5, 5.41) is 2.77. The van der Waals surface area contributed by atoms with Gasteiger partial charge in [0.15, 0.2) is 0 Å². The highest BCUT2D eigenvalue weighted by molar-refractivity contribution is 5.99. The fourth-order valence-corrected chi connectivity index (χ4v) is 3.31. The lowest BCUT2D eigenvalue weighted by molar-refractivity contribution is -0.114. The average molecular weight is 318 g/mol. The van der Waals surface area contributed by atoms with E-state index in [-0.39, 0.29) is 17.4 Å². The molecule has 1 spiro atoms. The van der Waals surface area contributed by atoms with Gasteiger partial charge in [-0.2, -0.15) is 0 Å². The Kier molecular flexibility index (Phi) is 4.37. The zero-order valence-electron chi connectivity index (χ0n) is 13.6. The Balaban J connectivity index is 1.91. The summed E-state index contributed by atoms with van der Waals surface area (Å²) in [5.74, 6) is -0.173. The van der Waals surface area contributed by atoms with E-state index in [0.717, 1.165) is 12.0 Å². The monoisotopic (exact) mass is 318 g/mol. The van der Waals surface area contributed by atoms with Gasteiger partial charge in [0.2, 0.25) is 5.91 Å². The standard InChI is InChI=1S/C17H22N2O4/c1-12-14(4-3-5-15(12)18-13(2)20)16(21)19-7-9-23-11-17(19)6-8-22-10-17/h3-5H,6-11H2,1-2H3,(H,18,20). The number of rotatable bonds is 2. The molecule has 124 valence electrons. The first-order valence-corrected chi connectivity index (χ1v) is 7.88. The highest BCUT2D eigenvalue weighted by Crippen LogP contribution is 2.32. The number of hydrogen-bond donors (Lipinski definition) is 1. The third-order valence-electron chi connectivity index (χ3n) is 4.61. The number of carbonyl (C=O) groups is 2. The lowest BCUT2D eigenvalue weighted by Gasteiger charge is -2.43. The van der Waals surface area contributed by atoms with Gasteiger partial charge in [0, 0.05) is 31.3 Å². The van der Waals surface area contributed by atoms with Crippen molar-refractivity contribution in [3.05, 3.63) is 29.3 Å². The van der Waals surface area contributed by atoms with Gasteiger partial charge in [-0.05, 0) is 31.0 Å². The van der Waals surface area contributed by atoms with Crippen molar-refractivity contribution in [2.75, 3.05) is 38.3 Å². The van der Waals surface area contributed by atoms with Crippen molar-refractivity contribution in [1.29, 1.82) is 0 Å². The number of hydrogen-bond acceptors (Lipinski definition) is 4. The molecular formula is C17H22N2O4. The smallest absolute Gasteiger partial charge is 0.254 e. The van der Waals surface area contributed by atoms with Crippen molar-refractivity contribution in [2.24, 2.45) is 0 Å². The molecule has 0 bridgehead atoms. The Bertz CT molecular complexity index is 623. The van der Waals surface area contributed by atoms with Crippen LogP contribution in [0.2, 0.25) is 0 Å². The molecule has 1 unspecified atom stereocenters. The molecule has 3 rings (SSSR count). The highest BCUT2D eigenvalue weighted by Gasteiger charge is 2.45. The summed E-state index contributed by atoms with van der Waals surface area (Å²) in [4.78, 5) is 26.3. The Morgan fingerprint density at radius 1 is 1.22 bits per heavy atom. The predicted molar refractivity (Wildman–Crippen MR) is 85.5 cm³/mol. The molecule has 1 N–H and O–H groups in total. The quantitative estimate of drug-likeness (QED) is 0.899. The first kappa shape index (κ1) is 16.0. The van der Waals surface area contributed by atoms with Gasteiger partial charge < -0.3 is 19.7 Å². The van der Waals surface area contributed by atoms with Crippen LogP contribution < -0.4 is 5.32 Å². The summed E-state index contributed by atoms with van der Waals surface area (Å²) >= 11 is 0. The third-order valence-corrected chi connectivity index (χ3v) is 4.61. The molecule has 1 aromatic rings. The van der Waals surface area contributed by atoms with Crippen molar-refractivity contribution in [2.45, 2.75) is 25.8 Å². The van der Waals surface area contributed by atoms with Gasteiger partial charge in [0.05, 0.1) is 25.4 Å². The highest BCUT2D eigenvalue weighted by atomic mass is 16.5. The van der Waals surface area contributed by atoms with Crippen LogP contribution in [0.5, 0.6) is 0 Å². The van der Waals surface area contributed by atoms with Crippen molar-refractivity contribution in [3.8, 4) is 0 Å². The molecule has 2 aliphatic heterocycles. The molecular weight excluding hydrogens is 296 g/mol. The van der Waals surface area contributed by atoms with Crippen molar-refractivity contribution in [3.63, 3.8) is 0 Å². The van der Waals surface area contributed by atoms with Gasteiger partial charge in [0.1, 0.15) is 0 Å². The molecule has 2 fully saturated rings. The summed E-state index contributed by atoms with van der Waals surface area (Å²) in [7, 11) is 0. The van der Waals surface area contributed by atoms with Crippen LogP contribution >= 0.6 is 0 Å². The van der Waals surface area contributed by atoms with Crippen LogP contribution in [0.1, 0.15) is 29.3 Å². The molecule has 6 heteroatoms. The SMILES string of the molecule is CC(=O)Nc1cccc(C(=O)N2CCOCC23CCOC3)c1C. The minimum absolute atomic E-state index is 0.0245. The average Bonchev–Trinajstić information content (AvgIpc) is 2.97. The summed E-state index contributed by atoms with van der Waals surface area (Å²) in [6.07, 6.45) is 0.795.